The molecule has 12 atom stereocenters. The van der Waals surface area contributed by atoms with Gasteiger partial charge in [0.15, 0.2) is 6.29 Å². The van der Waals surface area contributed by atoms with Crippen molar-refractivity contribution in [2.24, 2.45) is 45.8 Å². The van der Waals surface area contributed by atoms with Gasteiger partial charge in [0.1, 0.15) is 0 Å². The summed E-state index contributed by atoms with van der Waals surface area (Å²) in [5, 5.41) is 30.2. The Morgan fingerprint density at radius 2 is 1.83 bits per heavy atom. The Morgan fingerprint density at radius 1 is 1.10 bits per heavy atom. The van der Waals surface area contributed by atoms with Crippen LogP contribution < -0.4 is 0 Å². The largest absolute Gasteiger partial charge is 0.394 e. The lowest BCUT2D eigenvalue weighted by molar-refractivity contribution is -0.252. The number of ether oxygens (including phenoxy) is 2. The molecular formula is C36H58O5. The first kappa shape index (κ1) is 31.5. The van der Waals surface area contributed by atoms with Gasteiger partial charge in [-0.1, -0.05) is 51.2 Å². The van der Waals surface area contributed by atoms with Crippen molar-refractivity contribution < 1.29 is 24.8 Å². The van der Waals surface area contributed by atoms with E-state index in [2.05, 4.69) is 39.7 Å². The average Bonchev–Trinajstić information content (AvgIpc) is 3.26. The standard InChI is InChI=1S/C36H58O5/c1-8-34(5)27-13-14-29-28-12-11-26(23(2)10-9-17-33(3,4)39)35(28,6)18-19-36(29,7)30(27)15-16-31(34)41-32-21-24(38)20-25(22-37)40-32/h1,13,23-26,28-32,37-39H,9-12,14-22H2,2-7H3/t23-,24+,25+,26?,28?,29?,30?,31+,32+,34+,35-,36-/m1/s1. The molecule has 41 heavy (non-hydrogen) atoms. The summed E-state index contributed by atoms with van der Waals surface area (Å²) in [4.78, 5) is 0. The molecule has 5 nitrogen and oxygen atoms in total. The van der Waals surface area contributed by atoms with Gasteiger partial charge in [0, 0.05) is 12.8 Å². The molecule has 5 rings (SSSR count). The zero-order valence-electron chi connectivity index (χ0n) is 26.7. The molecule has 1 saturated heterocycles. The summed E-state index contributed by atoms with van der Waals surface area (Å²) in [5.41, 5.74) is 1.01. The highest BCUT2D eigenvalue weighted by molar-refractivity contribution is 5.36. The third-order valence-corrected chi connectivity index (χ3v) is 13.0. The van der Waals surface area contributed by atoms with Crippen molar-refractivity contribution in [2.45, 2.75) is 149 Å². The minimum Gasteiger partial charge on any atom is -0.394 e. The third kappa shape index (κ3) is 5.71. The molecule has 232 valence electrons. The van der Waals surface area contributed by atoms with Gasteiger partial charge in [-0.25, -0.2) is 0 Å². The summed E-state index contributed by atoms with van der Waals surface area (Å²) in [5.74, 6) is 6.62. The molecule has 3 saturated carbocycles. The molecular weight excluding hydrogens is 512 g/mol. The second kappa shape index (κ2) is 11.6. The van der Waals surface area contributed by atoms with Crippen LogP contribution in [0.1, 0.15) is 119 Å². The van der Waals surface area contributed by atoms with Crippen LogP contribution in [0, 0.1) is 58.2 Å². The van der Waals surface area contributed by atoms with E-state index in [0.29, 0.717) is 36.0 Å². The van der Waals surface area contributed by atoms with Gasteiger partial charge in [-0.3, -0.25) is 0 Å². The topological polar surface area (TPSA) is 79.2 Å². The van der Waals surface area contributed by atoms with Crippen LogP contribution in [0.5, 0.6) is 0 Å². The fourth-order valence-electron chi connectivity index (χ4n) is 10.7. The highest BCUT2D eigenvalue weighted by atomic mass is 16.7. The van der Waals surface area contributed by atoms with Gasteiger partial charge in [-0.05, 0) is 113 Å². The average molecular weight is 571 g/mol. The lowest BCUT2D eigenvalue weighted by Gasteiger charge is -2.62. The van der Waals surface area contributed by atoms with Gasteiger partial charge < -0.3 is 24.8 Å². The van der Waals surface area contributed by atoms with Gasteiger partial charge in [0.05, 0.1) is 35.9 Å². The lowest BCUT2D eigenvalue weighted by atomic mass is 9.43. The van der Waals surface area contributed by atoms with Crippen molar-refractivity contribution in [1.29, 1.82) is 0 Å². The van der Waals surface area contributed by atoms with Gasteiger partial charge >= 0.3 is 0 Å². The van der Waals surface area contributed by atoms with E-state index in [0.717, 1.165) is 43.9 Å². The van der Waals surface area contributed by atoms with Crippen LogP contribution in [0.3, 0.4) is 0 Å². The molecule has 4 fully saturated rings. The fraction of sp³-hybridized carbons (Fsp3) is 0.889. The van der Waals surface area contributed by atoms with E-state index in [-0.39, 0.29) is 24.2 Å². The fourth-order valence-corrected chi connectivity index (χ4v) is 10.7. The maximum absolute atomic E-state index is 10.3. The smallest absolute Gasteiger partial charge is 0.161 e. The Kier molecular flexibility index (Phi) is 8.88. The molecule has 0 amide bonds. The molecule has 0 aromatic carbocycles. The second-order valence-electron chi connectivity index (χ2n) is 16.1. The summed E-state index contributed by atoms with van der Waals surface area (Å²) in [6.07, 6.45) is 19.7. The van der Waals surface area contributed by atoms with Crippen LogP contribution in [0.4, 0.5) is 0 Å². The van der Waals surface area contributed by atoms with Crippen molar-refractivity contribution in [2.75, 3.05) is 6.61 Å². The number of allylic oxidation sites excluding steroid dienone is 1. The normalized spacial score (nSPS) is 47.0. The molecule has 0 spiro atoms. The number of aliphatic hydroxyl groups excluding tert-OH is 2. The molecule has 0 aromatic rings. The van der Waals surface area contributed by atoms with Crippen LogP contribution >= 0.6 is 0 Å². The quantitative estimate of drug-likeness (QED) is 0.225. The van der Waals surface area contributed by atoms with Crippen molar-refractivity contribution in [3.8, 4) is 12.3 Å². The number of hydrogen-bond donors (Lipinski definition) is 3. The molecule has 1 heterocycles. The van der Waals surface area contributed by atoms with E-state index in [1.54, 1.807) is 0 Å². The summed E-state index contributed by atoms with van der Waals surface area (Å²) in [6.45, 7) is 13.6. The number of fused-ring (bicyclic) bond motifs is 5. The Labute approximate surface area is 249 Å². The first-order chi connectivity index (χ1) is 19.2. The van der Waals surface area contributed by atoms with Crippen molar-refractivity contribution in [1.82, 2.24) is 0 Å². The van der Waals surface area contributed by atoms with E-state index in [9.17, 15) is 15.3 Å². The molecule has 0 bridgehead atoms. The van der Waals surface area contributed by atoms with E-state index in [1.807, 2.05) is 13.8 Å². The Morgan fingerprint density at radius 3 is 2.51 bits per heavy atom. The first-order valence-electron chi connectivity index (χ1n) is 16.8. The number of hydrogen-bond acceptors (Lipinski definition) is 5. The van der Waals surface area contributed by atoms with E-state index in [4.69, 9.17) is 15.9 Å². The van der Waals surface area contributed by atoms with Gasteiger partial charge in [0.25, 0.3) is 0 Å². The van der Waals surface area contributed by atoms with Crippen LogP contribution in [0.2, 0.25) is 0 Å². The van der Waals surface area contributed by atoms with Crippen LogP contribution in [-0.4, -0.2) is 52.1 Å². The van der Waals surface area contributed by atoms with Crippen LogP contribution in [0.15, 0.2) is 11.6 Å². The molecule has 1 aliphatic heterocycles. The van der Waals surface area contributed by atoms with Gasteiger partial charge in [-0.15, -0.1) is 6.42 Å². The zero-order chi connectivity index (χ0) is 29.8. The molecule has 5 heteroatoms. The number of rotatable bonds is 8. The monoisotopic (exact) mass is 570 g/mol. The number of aliphatic hydroxyl groups is 3. The molecule has 5 aliphatic rings. The zero-order valence-corrected chi connectivity index (χ0v) is 26.7. The van der Waals surface area contributed by atoms with Crippen LogP contribution in [-0.2, 0) is 9.47 Å². The van der Waals surface area contributed by atoms with E-state index >= 15 is 0 Å². The summed E-state index contributed by atoms with van der Waals surface area (Å²) < 4.78 is 12.5. The predicted octanol–water partition coefficient (Wildman–Crippen LogP) is 6.64. The van der Waals surface area contributed by atoms with Crippen LogP contribution in [0.25, 0.3) is 0 Å². The second-order valence-corrected chi connectivity index (χ2v) is 16.1. The highest BCUT2D eigenvalue weighted by Gasteiger charge is 2.62. The van der Waals surface area contributed by atoms with E-state index in [1.165, 1.54) is 37.7 Å². The minimum absolute atomic E-state index is 0.110. The maximum atomic E-state index is 10.3. The SMILES string of the molecule is C#C[C@@]1(C)C2=CCC3C4CCC([C@H](C)CCCC(C)(C)O)[C@@]4(C)CC[C@@]3(C)C2CC[C@@H]1O[C@H]1C[C@@H](O)C[C@@H](CO)O1. The van der Waals surface area contributed by atoms with Crippen molar-refractivity contribution >= 4 is 0 Å². The molecule has 4 aliphatic carbocycles. The van der Waals surface area contributed by atoms with Crippen molar-refractivity contribution in [3.05, 3.63) is 11.6 Å². The minimum atomic E-state index is -0.565. The Hall–Kier alpha value is -0.900. The summed E-state index contributed by atoms with van der Waals surface area (Å²) in [7, 11) is 0. The molecule has 3 N–H and O–H groups in total. The first-order valence-corrected chi connectivity index (χ1v) is 16.8. The Bertz CT molecular complexity index is 1010. The predicted molar refractivity (Wildman–Crippen MR) is 163 cm³/mol. The molecule has 0 aromatic heterocycles. The molecule has 0 radical (unpaired) electrons. The number of terminal acetylenes is 1. The third-order valence-electron chi connectivity index (χ3n) is 13.0. The van der Waals surface area contributed by atoms with Crippen molar-refractivity contribution in [3.63, 3.8) is 0 Å². The van der Waals surface area contributed by atoms with Gasteiger partial charge in [0.2, 0.25) is 0 Å². The summed E-state index contributed by atoms with van der Waals surface area (Å²) >= 11 is 0. The lowest BCUT2D eigenvalue weighted by Crippen LogP contribution is -2.56. The van der Waals surface area contributed by atoms with E-state index < -0.39 is 23.4 Å². The molecule has 4 unspecified atom stereocenters. The highest BCUT2D eigenvalue weighted by Crippen LogP contribution is 2.70. The maximum Gasteiger partial charge on any atom is 0.161 e. The summed E-state index contributed by atoms with van der Waals surface area (Å²) in [6, 6.07) is 0. The Balaban J connectivity index is 1.32. The van der Waals surface area contributed by atoms with Gasteiger partial charge in [-0.2, -0.15) is 0 Å².